The molecule has 0 unspecified atom stereocenters. The molecule has 0 saturated heterocycles. The van der Waals surface area contributed by atoms with Gasteiger partial charge in [0, 0.05) is 6.20 Å². The van der Waals surface area contributed by atoms with Crippen LogP contribution in [0.4, 0.5) is 23.2 Å². The highest BCUT2D eigenvalue weighted by Crippen LogP contribution is 2.34. The van der Waals surface area contributed by atoms with Gasteiger partial charge in [-0.3, -0.25) is 0 Å². The van der Waals surface area contributed by atoms with Crippen LogP contribution in [0.15, 0.2) is 24.5 Å². The summed E-state index contributed by atoms with van der Waals surface area (Å²) in [6.07, 6.45) is -2.77. The summed E-state index contributed by atoms with van der Waals surface area (Å²) in [5.41, 5.74) is 3.34. The zero-order valence-corrected chi connectivity index (χ0v) is 8.24. The molecule has 2 aromatic heterocycles. The molecule has 0 spiro atoms. The third kappa shape index (κ3) is 1.93. The van der Waals surface area contributed by atoms with E-state index in [1.807, 2.05) is 0 Å². The minimum atomic E-state index is -4.73. The van der Waals surface area contributed by atoms with E-state index in [4.69, 9.17) is 5.73 Å². The Hall–Kier alpha value is -2.12. The average molecular weight is 246 g/mol. The van der Waals surface area contributed by atoms with Crippen molar-refractivity contribution < 1.29 is 17.6 Å². The number of aromatic nitrogens is 3. The molecule has 2 rings (SSSR count). The summed E-state index contributed by atoms with van der Waals surface area (Å²) in [5, 5.41) is 3.38. The summed E-state index contributed by atoms with van der Waals surface area (Å²) < 4.78 is 51.7. The lowest BCUT2D eigenvalue weighted by Crippen LogP contribution is -2.16. The number of nitrogen functional groups attached to an aromatic ring is 1. The lowest BCUT2D eigenvalue weighted by molar-refractivity contribution is -0.142. The predicted octanol–water partition coefficient (Wildman–Crippen LogP) is 2.01. The number of anilines is 1. The largest absolute Gasteiger partial charge is 0.435 e. The van der Waals surface area contributed by atoms with Gasteiger partial charge in [-0.25, -0.2) is 14.1 Å². The van der Waals surface area contributed by atoms with Gasteiger partial charge in [-0.05, 0) is 12.1 Å². The van der Waals surface area contributed by atoms with Crippen molar-refractivity contribution >= 4 is 5.69 Å². The van der Waals surface area contributed by atoms with Crippen LogP contribution in [0, 0.1) is 5.82 Å². The Morgan fingerprint density at radius 2 is 2.00 bits per heavy atom. The van der Waals surface area contributed by atoms with E-state index in [0.717, 1.165) is 18.5 Å². The van der Waals surface area contributed by atoms with Crippen LogP contribution in [0.2, 0.25) is 0 Å². The van der Waals surface area contributed by atoms with E-state index in [1.54, 1.807) is 0 Å². The molecule has 2 heterocycles. The Labute approximate surface area is 92.7 Å². The van der Waals surface area contributed by atoms with Gasteiger partial charge >= 0.3 is 6.18 Å². The quantitative estimate of drug-likeness (QED) is 0.783. The van der Waals surface area contributed by atoms with Crippen LogP contribution in [0.5, 0.6) is 0 Å². The van der Waals surface area contributed by atoms with Gasteiger partial charge in [0.25, 0.3) is 0 Å². The van der Waals surface area contributed by atoms with Crippen LogP contribution >= 0.6 is 0 Å². The monoisotopic (exact) mass is 246 g/mol. The molecule has 0 aromatic carbocycles. The second-order valence-electron chi connectivity index (χ2n) is 3.17. The molecule has 17 heavy (non-hydrogen) atoms. The van der Waals surface area contributed by atoms with Crippen molar-refractivity contribution in [3.8, 4) is 5.82 Å². The van der Waals surface area contributed by atoms with Crippen molar-refractivity contribution in [2.75, 3.05) is 5.73 Å². The van der Waals surface area contributed by atoms with Crippen LogP contribution in [0.3, 0.4) is 0 Å². The molecule has 0 saturated carbocycles. The summed E-state index contributed by atoms with van der Waals surface area (Å²) in [7, 11) is 0. The molecule has 0 bridgehead atoms. The number of nitrogens with zero attached hydrogens (tertiary/aromatic N) is 3. The lowest BCUT2D eigenvalue weighted by atomic mass is 10.3. The van der Waals surface area contributed by atoms with Crippen molar-refractivity contribution in [1.82, 2.24) is 14.8 Å². The molecule has 4 nitrogen and oxygen atoms in total. The molecule has 0 atom stereocenters. The number of hydrogen-bond donors (Lipinski definition) is 1. The number of rotatable bonds is 1. The van der Waals surface area contributed by atoms with Crippen LogP contribution in [-0.4, -0.2) is 14.8 Å². The smallest absolute Gasteiger partial charge is 0.396 e. The minimum absolute atomic E-state index is 0.338. The fraction of sp³-hybridized carbons (Fsp3) is 0.111. The molecule has 2 N–H and O–H groups in total. The summed E-state index contributed by atoms with van der Waals surface area (Å²) in [6.45, 7) is 0. The predicted molar refractivity (Wildman–Crippen MR) is 50.7 cm³/mol. The Balaban J connectivity index is 2.66. The number of nitrogens with two attached hydrogens (primary N) is 1. The summed E-state index contributed by atoms with van der Waals surface area (Å²) in [4.78, 5) is 3.51. The van der Waals surface area contributed by atoms with Gasteiger partial charge in [-0.2, -0.15) is 18.3 Å². The highest BCUT2D eigenvalue weighted by atomic mass is 19.4. The molecule has 0 fully saturated rings. The van der Waals surface area contributed by atoms with Gasteiger partial charge in [0.15, 0.2) is 17.3 Å². The normalized spacial score (nSPS) is 11.8. The highest BCUT2D eigenvalue weighted by Gasteiger charge is 2.38. The van der Waals surface area contributed by atoms with Gasteiger partial charge in [0.05, 0.1) is 11.9 Å². The molecular formula is C9H6F4N4. The maximum absolute atomic E-state index is 13.3. The first-order valence-electron chi connectivity index (χ1n) is 4.43. The number of pyridine rings is 1. The van der Waals surface area contributed by atoms with E-state index in [1.165, 1.54) is 6.07 Å². The van der Waals surface area contributed by atoms with Crippen molar-refractivity contribution in [3.63, 3.8) is 0 Å². The molecule has 0 amide bonds. The summed E-state index contributed by atoms with van der Waals surface area (Å²) in [6, 6.07) is 2.25. The maximum atomic E-state index is 13.3. The fourth-order valence-electron chi connectivity index (χ4n) is 1.34. The van der Waals surface area contributed by atoms with E-state index in [-0.39, 0.29) is 0 Å². The summed E-state index contributed by atoms with van der Waals surface area (Å²) in [5.74, 6) is -1.46. The van der Waals surface area contributed by atoms with E-state index >= 15 is 0 Å². The zero-order valence-electron chi connectivity index (χ0n) is 8.24. The molecule has 2 aromatic rings. The molecule has 0 aliphatic heterocycles. The number of halogens is 4. The van der Waals surface area contributed by atoms with E-state index < -0.39 is 29.2 Å². The van der Waals surface area contributed by atoms with Crippen molar-refractivity contribution in [3.05, 3.63) is 36.0 Å². The Kier molecular flexibility index (Phi) is 2.49. The highest BCUT2D eigenvalue weighted by molar-refractivity contribution is 5.46. The molecule has 0 radical (unpaired) electrons. The standard InChI is InChI=1S/C9H6F4N4/c10-5-2-1-3-15-8(5)17-7(9(11,12)13)6(14)4-16-17/h1-4H,14H2. The van der Waals surface area contributed by atoms with Gasteiger partial charge in [-0.15, -0.1) is 0 Å². The molecule has 90 valence electrons. The maximum Gasteiger partial charge on any atom is 0.435 e. The van der Waals surface area contributed by atoms with Crippen molar-refractivity contribution in [2.45, 2.75) is 6.18 Å². The van der Waals surface area contributed by atoms with Gasteiger partial charge in [-0.1, -0.05) is 0 Å². The molecule has 8 heteroatoms. The third-order valence-corrected chi connectivity index (χ3v) is 2.01. The van der Waals surface area contributed by atoms with Crippen molar-refractivity contribution in [2.24, 2.45) is 0 Å². The topological polar surface area (TPSA) is 56.7 Å². The first-order valence-corrected chi connectivity index (χ1v) is 4.43. The first kappa shape index (κ1) is 11.4. The minimum Gasteiger partial charge on any atom is -0.396 e. The molecular weight excluding hydrogens is 240 g/mol. The van der Waals surface area contributed by atoms with Gasteiger partial charge in [0.1, 0.15) is 0 Å². The first-order chi connectivity index (χ1) is 7.91. The second kappa shape index (κ2) is 3.72. The Morgan fingerprint density at radius 3 is 2.59 bits per heavy atom. The zero-order chi connectivity index (χ0) is 12.6. The van der Waals surface area contributed by atoms with Crippen LogP contribution in [-0.2, 0) is 6.18 Å². The van der Waals surface area contributed by atoms with Crippen LogP contribution in [0.25, 0.3) is 5.82 Å². The lowest BCUT2D eigenvalue weighted by Gasteiger charge is -2.10. The van der Waals surface area contributed by atoms with Crippen LogP contribution in [0.1, 0.15) is 5.69 Å². The van der Waals surface area contributed by atoms with E-state index in [2.05, 4.69) is 10.1 Å². The number of hydrogen-bond acceptors (Lipinski definition) is 3. The fourth-order valence-corrected chi connectivity index (χ4v) is 1.34. The second-order valence-corrected chi connectivity index (χ2v) is 3.17. The van der Waals surface area contributed by atoms with Gasteiger partial charge in [0.2, 0.25) is 0 Å². The summed E-state index contributed by atoms with van der Waals surface area (Å²) >= 11 is 0. The average Bonchev–Trinajstić information content (AvgIpc) is 2.60. The molecule has 0 aliphatic carbocycles. The molecule has 0 aliphatic rings. The SMILES string of the molecule is Nc1cnn(-c2ncccc2F)c1C(F)(F)F. The Morgan fingerprint density at radius 1 is 1.29 bits per heavy atom. The van der Waals surface area contributed by atoms with Crippen molar-refractivity contribution in [1.29, 1.82) is 0 Å². The Bertz CT molecular complexity index is 546. The van der Waals surface area contributed by atoms with Gasteiger partial charge < -0.3 is 5.73 Å². The number of alkyl halides is 3. The third-order valence-electron chi connectivity index (χ3n) is 2.01. The van der Waals surface area contributed by atoms with E-state index in [9.17, 15) is 17.6 Å². The van der Waals surface area contributed by atoms with E-state index in [0.29, 0.717) is 4.68 Å². The van der Waals surface area contributed by atoms with Crippen LogP contribution < -0.4 is 5.73 Å².